The summed E-state index contributed by atoms with van der Waals surface area (Å²) in [6.07, 6.45) is 2.74. The molecule has 0 spiro atoms. The van der Waals surface area contributed by atoms with Gasteiger partial charge >= 0.3 is 0 Å². The number of hydrogen-bond donors (Lipinski definition) is 1. The zero-order chi connectivity index (χ0) is 12.7. The van der Waals surface area contributed by atoms with E-state index in [-0.39, 0.29) is 11.4 Å². The summed E-state index contributed by atoms with van der Waals surface area (Å²) >= 11 is 0. The van der Waals surface area contributed by atoms with E-state index in [1.54, 1.807) is 14.2 Å². The van der Waals surface area contributed by atoms with Crippen molar-refractivity contribution >= 4 is 10.0 Å². The van der Waals surface area contributed by atoms with Gasteiger partial charge in [0.05, 0.1) is 26.0 Å². The minimum absolute atomic E-state index is 0.150. The Bertz CT molecular complexity index is 429. The molecule has 0 aliphatic heterocycles. The maximum atomic E-state index is 11.7. The number of rotatable bonds is 8. The first-order valence-electron chi connectivity index (χ1n) is 5.11. The van der Waals surface area contributed by atoms with E-state index in [0.717, 1.165) is 0 Å². The molecule has 0 bridgehead atoms. The molecule has 1 heterocycles. The molecule has 8 heteroatoms. The van der Waals surface area contributed by atoms with Crippen LogP contribution in [0.15, 0.2) is 17.3 Å². The standard InChI is InChI=1S/C9H17N3O4S/c1-12-8-9(7-10-12)17(13,14)11-3-4-16-6-5-15-2/h7-8,11H,3-6H2,1-2H3. The molecule has 1 aromatic heterocycles. The summed E-state index contributed by atoms with van der Waals surface area (Å²) in [5, 5.41) is 3.80. The highest BCUT2D eigenvalue weighted by atomic mass is 32.2. The topological polar surface area (TPSA) is 82.4 Å². The molecule has 7 nitrogen and oxygen atoms in total. The molecule has 1 rings (SSSR count). The zero-order valence-electron chi connectivity index (χ0n) is 9.92. The van der Waals surface area contributed by atoms with Gasteiger partial charge in [-0.25, -0.2) is 13.1 Å². The summed E-state index contributed by atoms with van der Waals surface area (Å²) in [5.74, 6) is 0. The molecular formula is C9H17N3O4S. The van der Waals surface area contributed by atoms with Crippen LogP contribution in [0.5, 0.6) is 0 Å². The molecule has 98 valence electrons. The van der Waals surface area contributed by atoms with Crippen LogP contribution < -0.4 is 4.72 Å². The average Bonchev–Trinajstić information content (AvgIpc) is 2.71. The molecule has 0 unspecified atom stereocenters. The predicted octanol–water partition coefficient (Wildman–Crippen LogP) is -0.639. The van der Waals surface area contributed by atoms with Crippen molar-refractivity contribution in [2.75, 3.05) is 33.5 Å². The third-order valence-electron chi connectivity index (χ3n) is 1.96. The van der Waals surface area contributed by atoms with Crippen LogP contribution in [0.3, 0.4) is 0 Å². The number of hydrogen-bond acceptors (Lipinski definition) is 5. The minimum atomic E-state index is -3.48. The molecule has 0 amide bonds. The Kier molecular flexibility index (Phi) is 5.56. The Labute approximate surface area is 101 Å². The van der Waals surface area contributed by atoms with Crippen molar-refractivity contribution in [1.29, 1.82) is 0 Å². The summed E-state index contributed by atoms with van der Waals surface area (Å²) in [7, 11) is -0.239. The summed E-state index contributed by atoms with van der Waals surface area (Å²) in [6.45, 7) is 1.48. The van der Waals surface area contributed by atoms with Crippen molar-refractivity contribution < 1.29 is 17.9 Å². The van der Waals surface area contributed by atoms with Crippen molar-refractivity contribution in [3.05, 3.63) is 12.4 Å². The van der Waals surface area contributed by atoms with Gasteiger partial charge in [-0.2, -0.15) is 5.10 Å². The normalized spacial score (nSPS) is 11.9. The van der Waals surface area contributed by atoms with Gasteiger partial charge in [0, 0.05) is 26.9 Å². The highest BCUT2D eigenvalue weighted by Crippen LogP contribution is 2.04. The van der Waals surface area contributed by atoms with Crippen LogP contribution in [-0.2, 0) is 26.5 Å². The number of nitrogens with one attached hydrogen (secondary N) is 1. The molecule has 0 saturated heterocycles. The smallest absolute Gasteiger partial charge is 0.243 e. The van der Waals surface area contributed by atoms with Crippen LogP contribution in [0.1, 0.15) is 0 Å². The molecule has 0 aliphatic carbocycles. The minimum Gasteiger partial charge on any atom is -0.382 e. The summed E-state index contributed by atoms with van der Waals surface area (Å²) < 4.78 is 37.2. The molecular weight excluding hydrogens is 246 g/mol. The van der Waals surface area contributed by atoms with Crippen LogP contribution in [-0.4, -0.2) is 51.7 Å². The number of ether oxygens (including phenoxy) is 2. The Balaban J connectivity index is 2.31. The van der Waals surface area contributed by atoms with Gasteiger partial charge in [0.1, 0.15) is 4.90 Å². The number of aromatic nitrogens is 2. The van der Waals surface area contributed by atoms with E-state index in [9.17, 15) is 8.42 Å². The fraction of sp³-hybridized carbons (Fsp3) is 0.667. The largest absolute Gasteiger partial charge is 0.382 e. The summed E-state index contributed by atoms with van der Waals surface area (Å²) in [5.41, 5.74) is 0. The molecule has 1 N–H and O–H groups in total. The third-order valence-corrected chi connectivity index (χ3v) is 3.38. The number of nitrogens with zero attached hydrogens (tertiary/aromatic N) is 2. The number of sulfonamides is 1. The van der Waals surface area contributed by atoms with E-state index in [2.05, 4.69) is 9.82 Å². The van der Waals surface area contributed by atoms with Gasteiger partial charge in [-0.15, -0.1) is 0 Å². The van der Waals surface area contributed by atoms with E-state index in [0.29, 0.717) is 19.8 Å². The van der Waals surface area contributed by atoms with Gasteiger partial charge in [-0.3, -0.25) is 4.68 Å². The van der Waals surface area contributed by atoms with Crippen molar-refractivity contribution in [3.8, 4) is 0 Å². The van der Waals surface area contributed by atoms with Crippen LogP contribution in [0, 0.1) is 0 Å². The van der Waals surface area contributed by atoms with E-state index in [1.807, 2.05) is 0 Å². The van der Waals surface area contributed by atoms with E-state index in [4.69, 9.17) is 9.47 Å². The number of aryl methyl sites for hydroxylation is 1. The van der Waals surface area contributed by atoms with Gasteiger partial charge in [0.15, 0.2) is 0 Å². The quantitative estimate of drug-likeness (QED) is 0.631. The summed E-state index contributed by atoms with van der Waals surface area (Å²) in [4.78, 5) is 0.150. The number of methoxy groups -OCH3 is 1. The Hall–Kier alpha value is -0.960. The second-order valence-electron chi connectivity index (χ2n) is 3.35. The van der Waals surface area contributed by atoms with Crippen LogP contribution in [0.25, 0.3) is 0 Å². The van der Waals surface area contributed by atoms with E-state index < -0.39 is 10.0 Å². The Morgan fingerprint density at radius 2 is 2.18 bits per heavy atom. The lowest BCUT2D eigenvalue weighted by Gasteiger charge is -2.05. The van der Waals surface area contributed by atoms with Crippen molar-refractivity contribution in [3.63, 3.8) is 0 Å². The van der Waals surface area contributed by atoms with Gasteiger partial charge in [-0.05, 0) is 0 Å². The first kappa shape index (κ1) is 14.1. The highest BCUT2D eigenvalue weighted by Gasteiger charge is 2.14. The SMILES string of the molecule is COCCOCCNS(=O)(=O)c1cnn(C)c1. The van der Waals surface area contributed by atoms with Gasteiger partial charge < -0.3 is 9.47 Å². The lowest BCUT2D eigenvalue weighted by Crippen LogP contribution is -2.27. The molecule has 0 aliphatic rings. The monoisotopic (exact) mass is 263 g/mol. The van der Waals surface area contributed by atoms with Crippen LogP contribution in [0.4, 0.5) is 0 Å². The van der Waals surface area contributed by atoms with Crippen LogP contribution in [0.2, 0.25) is 0 Å². The van der Waals surface area contributed by atoms with E-state index in [1.165, 1.54) is 17.1 Å². The zero-order valence-corrected chi connectivity index (χ0v) is 10.7. The average molecular weight is 263 g/mol. The van der Waals surface area contributed by atoms with Gasteiger partial charge in [0.2, 0.25) is 10.0 Å². The molecule has 17 heavy (non-hydrogen) atoms. The molecule has 0 atom stereocenters. The van der Waals surface area contributed by atoms with Crippen LogP contribution >= 0.6 is 0 Å². The van der Waals surface area contributed by atoms with Gasteiger partial charge in [0.25, 0.3) is 0 Å². The molecule has 0 saturated carbocycles. The highest BCUT2D eigenvalue weighted by molar-refractivity contribution is 7.89. The predicted molar refractivity (Wildman–Crippen MR) is 61.1 cm³/mol. The summed E-state index contributed by atoms with van der Waals surface area (Å²) in [6, 6.07) is 0. The first-order valence-corrected chi connectivity index (χ1v) is 6.59. The maximum absolute atomic E-state index is 11.7. The molecule has 0 radical (unpaired) electrons. The third kappa shape index (κ3) is 4.82. The lowest BCUT2D eigenvalue weighted by atomic mass is 10.7. The maximum Gasteiger partial charge on any atom is 0.243 e. The second-order valence-corrected chi connectivity index (χ2v) is 5.12. The Morgan fingerprint density at radius 1 is 1.41 bits per heavy atom. The van der Waals surface area contributed by atoms with Crippen molar-refractivity contribution in [2.45, 2.75) is 4.90 Å². The fourth-order valence-corrected chi connectivity index (χ4v) is 2.11. The van der Waals surface area contributed by atoms with E-state index >= 15 is 0 Å². The Morgan fingerprint density at radius 3 is 2.76 bits per heavy atom. The van der Waals surface area contributed by atoms with Gasteiger partial charge in [-0.1, -0.05) is 0 Å². The molecule has 0 fully saturated rings. The second kappa shape index (κ2) is 6.70. The molecule has 1 aromatic rings. The van der Waals surface area contributed by atoms with Crippen molar-refractivity contribution in [2.24, 2.45) is 7.05 Å². The lowest BCUT2D eigenvalue weighted by molar-refractivity contribution is 0.0736. The molecule has 0 aromatic carbocycles. The van der Waals surface area contributed by atoms with Crippen molar-refractivity contribution in [1.82, 2.24) is 14.5 Å². The fourth-order valence-electron chi connectivity index (χ4n) is 1.11. The first-order chi connectivity index (χ1) is 8.06.